The van der Waals surface area contributed by atoms with Gasteiger partial charge in [0.25, 0.3) is 5.69 Å². The molecule has 0 heterocycles. The van der Waals surface area contributed by atoms with Crippen molar-refractivity contribution in [1.82, 2.24) is 0 Å². The van der Waals surface area contributed by atoms with Gasteiger partial charge in [0, 0.05) is 17.8 Å². The lowest BCUT2D eigenvalue weighted by Crippen LogP contribution is -2.12. The van der Waals surface area contributed by atoms with Crippen LogP contribution in [0.1, 0.15) is 19.3 Å². The van der Waals surface area contributed by atoms with Crippen LogP contribution in [-0.4, -0.2) is 11.0 Å². The molecule has 5 heteroatoms. The molecule has 0 radical (unpaired) electrons. The quantitative estimate of drug-likeness (QED) is 0.496. The minimum atomic E-state index is -0.439. The molecule has 4 unspecified atom stereocenters. The molecule has 1 aromatic rings. The van der Waals surface area contributed by atoms with Crippen LogP contribution in [0.4, 0.5) is 17.1 Å². The van der Waals surface area contributed by atoms with E-state index in [9.17, 15) is 10.1 Å². The van der Waals surface area contributed by atoms with E-state index in [0.29, 0.717) is 6.04 Å². The van der Waals surface area contributed by atoms with Crippen LogP contribution >= 0.6 is 0 Å². The van der Waals surface area contributed by atoms with Crippen LogP contribution in [0.3, 0.4) is 0 Å². The second kappa shape index (κ2) is 3.62. The molecule has 1 aromatic carbocycles. The summed E-state index contributed by atoms with van der Waals surface area (Å²) in [7, 11) is 0. The van der Waals surface area contributed by atoms with E-state index in [1.807, 2.05) is 0 Å². The number of hydrogen-bond donors (Lipinski definition) is 2. The van der Waals surface area contributed by atoms with Crippen LogP contribution in [0.15, 0.2) is 18.2 Å². The maximum Gasteiger partial charge on any atom is 0.292 e. The summed E-state index contributed by atoms with van der Waals surface area (Å²) in [6.07, 6.45) is 4.22. The Bertz CT molecular complexity index is 544. The van der Waals surface area contributed by atoms with Crippen molar-refractivity contribution in [3.8, 4) is 0 Å². The first kappa shape index (κ1) is 11.1. The van der Waals surface area contributed by atoms with Gasteiger partial charge in [-0.3, -0.25) is 10.1 Å². The van der Waals surface area contributed by atoms with E-state index in [0.717, 1.165) is 29.4 Å². The van der Waals surface area contributed by atoms with Gasteiger partial charge in [0.1, 0.15) is 5.69 Å². The molecule has 3 fully saturated rings. The number of benzene rings is 1. The summed E-state index contributed by atoms with van der Waals surface area (Å²) in [6.45, 7) is 0. The van der Waals surface area contributed by atoms with Gasteiger partial charge >= 0.3 is 0 Å². The Morgan fingerprint density at radius 1 is 1.26 bits per heavy atom. The molecule has 3 aliphatic carbocycles. The molecule has 4 rings (SSSR count). The van der Waals surface area contributed by atoms with Crippen molar-refractivity contribution in [1.29, 1.82) is 0 Å². The molecule has 0 saturated heterocycles. The van der Waals surface area contributed by atoms with Gasteiger partial charge in [-0.2, -0.15) is 0 Å². The second-order valence-corrected chi connectivity index (χ2v) is 6.19. The van der Waals surface area contributed by atoms with Crippen molar-refractivity contribution >= 4 is 17.1 Å². The molecule has 0 aromatic heterocycles. The van der Waals surface area contributed by atoms with Crippen molar-refractivity contribution in [2.75, 3.05) is 11.1 Å². The van der Waals surface area contributed by atoms with Gasteiger partial charge in [-0.25, -0.2) is 0 Å². The Labute approximate surface area is 111 Å². The Morgan fingerprint density at radius 2 is 1.95 bits per heavy atom. The van der Waals surface area contributed by atoms with Gasteiger partial charge in [0.2, 0.25) is 0 Å². The van der Waals surface area contributed by atoms with E-state index in [-0.39, 0.29) is 11.4 Å². The third-order valence-electron chi connectivity index (χ3n) is 5.29. The maximum absolute atomic E-state index is 10.7. The van der Waals surface area contributed by atoms with Crippen LogP contribution in [0.2, 0.25) is 0 Å². The zero-order chi connectivity index (χ0) is 13.1. The van der Waals surface area contributed by atoms with E-state index in [1.165, 1.54) is 25.3 Å². The number of nitrogen functional groups attached to an aromatic ring is 1. The van der Waals surface area contributed by atoms with E-state index in [1.54, 1.807) is 12.1 Å². The summed E-state index contributed by atoms with van der Waals surface area (Å²) in [4.78, 5) is 10.3. The largest absolute Gasteiger partial charge is 0.393 e. The molecule has 3 aliphatic rings. The van der Waals surface area contributed by atoms with Crippen LogP contribution in [0.25, 0.3) is 0 Å². The fraction of sp³-hybridized carbons (Fsp3) is 0.571. The van der Waals surface area contributed by atoms with Crippen LogP contribution in [0, 0.1) is 33.8 Å². The molecule has 0 spiro atoms. The number of nitrogens with two attached hydrogens (primary N) is 1. The number of nitro benzene ring substituents is 1. The highest BCUT2D eigenvalue weighted by molar-refractivity contribution is 5.66. The second-order valence-electron chi connectivity index (χ2n) is 6.19. The third-order valence-corrected chi connectivity index (χ3v) is 5.29. The van der Waals surface area contributed by atoms with Gasteiger partial charge < -0.3 is 11.1 Å². The number of fused-ring (bicyclic) bond motifs is 5. The first-order chi connectivity index (χ1) is 9.15. The van der Waals surface area contributed by atoms with Gasteiger partial charge in [-0.1, -0.05) is 0 Å². The van der Waals surface area contributed by atoms with Gasteiger partial charge in [-0.05, 0) is 55.1 Å². The molecule has 0 aliphatic heterocycles. The zero-order valence-corrected chi connectivity index (χ0v) is 10.6. The molecule has 3 N–H and O–H groups in total. The van der Waals surface area contributed by atoms with E-state index >= 15 is 0 Å². The van der Waals surface area contributed by atoms with Crippen LogP contribution in [0.5, 0.6) is 0 Å². The van der Waals surface area contributed by atoms with Crippen LogP contribution < -0.4 is 11.1 Å². The first-order valence-corrected chi connectivity index (χ1v) is 6.95. The number of rotatable bonds is 3. The lowest BCUT2D eigenvalue weighted by atomic mass is 10.0. The minimum Gasteiger partial charge on any atom is -0.393 e. The Morgan fingerprint density at radius 3 is 2.53 bits per heavy atom. The monoisotopic (exact) mass is 259 g/mol. The number of anilines is 2. The Hall–Kier alpha value is -1.78. The average molecular weight is 259 g/mol. The van der Waals surface area contributed by atoms with E-state index < -0.39 is 4.92 Å². The lowest BCUT2D eigenvalue weighted by Gasteiger charge is -2.12. The summed E-state index contributed by atoms with van der Waals surface area (Å²) in [5, 5.41) is 14.2. The van der Waals surface area contributed by atoms with Crippen molar-refractivity contribution in [2.45, 2.75) is 25.3 Å². The van der Waals surface area contributed by atoms with Crippen molar-refractivity contribution < 1.29 is 4.92 Å². The molecule has 5 nitrogen and oxygen atoms in total. The predicted octanol–water partition coefficient (Wildman–Crippen LogP) is 2.63. The van der Waals surface area contributed by atoms with E-state index in [4.69, 9.17) is 5.73 Å². The van der Waals surface area contributed by atoms with E-state index in [2.05, 4.69) is 5.32 Å². The average Bonchev–Trinajstić information content (AvgIpc) is 2.78. The number of nitrogens with zero attached hydrogens (tertiary/aromatic N) is 1. The molecule has 100 valence electrons. The zero-order valence-electron chi connectivity index (χ0n) is 10.6. The van der Waals surface area contributed by atoms with Gasteiger partial charge in [-0.15, -0.1) is 0 Å². The highest BCUT2D eigenvalue weighted by Gasteiger charge is 2.64. The molecular formula is C14H17N3O2. The summed E-state index contributed by atoms with van der Waals surface area (Å²) in [5.41, 5.74) is 6.87. The fourth-order valence-corrected chi connectivity index (χ4v) is 4.52. The van der Waals surface area contributed by atoms with Crippen molar-refractivity contribution in [2.24, 2.45) is 23.7 Å². The first-order valence-electron chi connectivity index (χ1n) is 6.95. The van der Waals surface area contributed by atoms with Crippen molar-refractivity contribution in [3.05, 3.63) is 28.3 Å². The van der Waals surface area contributed by atoms with Gasteiger partial charge in [0.15, 0.2) is 0 Å². The molecule has 2 bridgehead atoms. The summed E-state index contributed by atoms with van der Waals surface area (Å²) >= 11 is 0. The lowest BCUT2D eigenvalue weighted by molar-refractivity contribution is -0.383. The molecule has 0 amide bonds. The minimum absolute atomic E-state index is 0.0124. The number of nitrogens with one attached hydrogen (secondary N) is 1. The smallest absolute Gasteiger partial charge is 0.292 e. The highest BCUT2D eigenvalue weighted by atomic mass is 16.6. The number of nitro groups is 1. The SMILES string of the molecule is Nc1cc(NC2C3C4CCC(C4)C23)ccc1[N+](=O)[O-]. The standard InChI is InChI=1S/C14H17N3O2/c15-10-6-9(3-4-11(10)17(18)19)16-14-12-7-1-2-8(5-7)13(12)14/h3-4,6-8,12-14,16H,1-2,5,15H2. The Balaban J connectivity index is 1.50. The maximum atomic E-state index is 10.7. The third kappa shape index (κ3) is 1.54. The topological polar surface area (TPSA) is 81.2 Å². The summed E-state index contributed by atoms with van der Waals surface area (Å²) < 4.78 is 0. The normalized spacial score (nSPS) is 38.0. The van der Waals surface area contributed by atoms with Crippen LogP contribution in [-0.2, 0) is 0 Å². The highest BCUT2D eigenvalue weighted by Crippen LogP contribution is 2.66. The molecular weight excluding hydrogens is 242 g/mol. The van der Waals surface area contributed by atoms with Gasteiger partial charge in [0.05, 0.1) is 4.92 Å². The molecule has 19 heavy (non-hydrogen) atoms. The Kier molecular flexibility index (Phi) is 2.11. The van der Waals surface area contributed by atoms with Crippen molar-refractivity contribution in [3.63, 3.8) is 0 Å². The summed E-state index contributed by atoms with van der Waals surface area (Å²) in [6, 6.07) is 5.52. The predicted molar refractivity (Wildman–Crippen MR) is 72.7 cm³/mol. The summed E-state index contributed by atoms with van der Waals surface area (Å²) in [5.74, 6) is 3.52. The fourth-order valence-electron chi connectivity index (χ4n) is 4.52. The molecule has 3 saturated carbocycles. The molecule has 4 atom stereocenters. The number of hydrogen-bond acceptors (Lipinski definition) is 4.